The van der Waals surface area contributed by atoms with Crippen LogP contribution >= 0.6 is 0 Å². The Labute approximate surface area is 194 Å². The molecule has 1 saturated carbocycles. The Hall–Kier alpha value is -2.44. The second kappa shape index (κ2) is 9.79. The van der Waals surface area contributed by atoms with Crippen molar-refractivity contribution in [3.05, 3.63) is 90.0 Å². The predicted molar refractivity (Wildman–Crippen MR) is 115 cm³/mol. The Morgan fingerprint density at radius 3 is 2.19 bits per heavy atom. The van der Waals surface area contributed by atoms with E-state index < -0.39 is 11.6 Å². The van der Waals surface area contributed by atoms with E-state index in [9.17, 15) is 9.90 Å². The Morgan fingerprint density at radius 2 is 1.71 bits per heavy atom. The van der Waals surface area contributed by atoms with Gasteiger partial charge in [0.15, 0.2) is 6.23 Å². The second-order valence-corrected chi connectivity index (χ2v) is 8.45. The van der Waals surface area contributed by atoms with Crippen LogP contribution in [0.3, 0.4) is 0 Å². The number of rotatable bonds is 7. The summed E-state index contributed by atoms with van der Waals surface area (Å²) in [5.74, 6) is 1.05. The number of nitrogens with one attached hydrogen (secondary N) is 1. The highest BCUT2D eigenvalue weighted by Crippen LogP contribution is 2.49. The predicted octanol–water partition coefficient (Wildman–Crippen LogP) is 0.384. The minimum atomic E-state index is -0.862. The molecule has 6 heteroatoms. The number of H-pyrrole nitrogens is 1. The van der Waals surface area contributed by atoms with Crippen molar-refractivity contribution in [3.63, 3.8) is 0 Å². The van der Waals surface area contributed by atoms with Crippen molar-refractivity contribution in [3.8, 4) is 0 Å². The molecule has 1 heterocycles. The van der Waals surface area contributed by atoms with Crippen molar-refractivity contribution in [1.82, 2.24) is 4.98 Å². The lowest BCUT2D eigenvalue weighted by Gasteiger charge is -2.38. The molecular formula is C25H30BrN3O2. The molecule has 1 aromatic heterocycles. The fourth-order valence-electron chi connectivity index (χ4n) is 5.37. The number of imidazole rings is 1. The molecule has 0 spiro atoms. The summed E-state index contributed by atoms with van der Waals surface area (Å²) < 4.78 is 1.86. The Kier molecular flexibility index (Phi) is 7.34. The van der Waals surface area contributed by atoms with Gasteiger partial charge in [0.1, 0.15) is 17.8 Å². The van der Waals surface area contributed by atoms with Crippen molar-refractivity contribution < 1.29 is 31.4 Å². The van der Waals surface area contributed by atoms with Gasteiger partial charge in [-0.15, -0.1) is 0 Å². The van der Waals surface area contributed by atoms with Crippen LogP contribution in [0, 0.1) is 18.8 Å². The molecule has 31 heavy (non-hydrogen) atoms. The van der Waals surface area contributed by atoms with E-state index in [2.05, 4.69) is 4.98 Å². The van der Waals surface area contributed by atoms with Crippen molar-refractivity contribution >= 4 is 5.91 Å². The van der Waals surface area contributed by atoms with Crippen LogP contribution in [0.25, 0.3) is 0 Å². The highest BCUT2D eigenvalue weighted by molar-refractivity contribution is 5.91. The number of aromatic amines is 1. The molecule has 4 rings (SSSR count). The topological polar surface area (TPSA) is 83.0 Å². The van der Waals surface area contributed by atoms with Gasteiger partial charge in [0, 0.05) is 13.3 Å². The van der Waals surface area contributed by atoms with Crippen molar-refractivity contribution in [1.29, 1.82) is 0 Å². The summed E-state index contributed by atoms with van der Waals surface area (Å²) in [5, 5.41) is 10.7. The van der Waals surface area contributed by atoms with Crippen LogP contribution < -0.4 is 27.3 Å². The summed E-state index contributed by atoms with van der Waals surface area (Å²) in [6.07, 6.45) is 6.52. The molecule has 5 nitrogen and oxygen atoms in total. The average Bonchev–Trinajstić information content (AvgIpc) is 3.39. The summed E-state index contributed by atoms with van der Waals surface area (Å²) in [6, 6.07) is 19.9. The molecule has 0 radical (unpaired) electrons. The molecule has 1 fully saturated rings. The number of hydrogen-bond donors (Lipinski definition) is 3. The van der Waals surface area contributed by atoms with Gasteiger partial charge in [-0.1, -0.05) is 60.7 Å². The van der Waals surface area contributed by atoms with Gasteiger partial charge in [-0.3, -0.25) is 4.79 Å². The number of hydrogen-bond acceptors (Lipinski definition) is 2. The lowest BCUT2D eigenvalue weighted by molar-refractivity contribution is -0.765. The van der Waals surface area contributed by atoms with E-state index in [0.717, 1.165) is 36.2 Å². The highest BCUT2D eigenvalue weighted by Gasteiger charge is 2.50. The number of primary amides is 1. The number of amides is 1. The molecule has 164 valence electrons. The number of aliphatic hydroxyl groups excluding tert-OH is 1. The van der Waals surface area contributed by atoms with Gasteiger partial charge in [-0.2, -0.15) is 0 Å². The average molecular weight is 484 g/mol. The van der Waals surface area contributed by atoms with Crippen molar-refractivity contribution in [2.45, 2.75) is 44.2 Å². The van der Waals surface area contributed by atoms with Gasteiger partial charge in [0.25, 0.3) is 5.82 Å². The fourth-order valence-corrected chi connectivity index (χ4v) is 5.37. The number of carbonyl (C=O) groups excluding carboxylic acids is 1. The maximum Gasteiger partial charge on any atom is 0.253 e. The van der Waals surface area contributed by atoms with E-state index in [1.165, 1.54) is 0 Å². The summed E-state index contributed by atoms with van der Waals surface area (Å²) in [4.78, 5) is 16.2. The molecule has 1 amide bonds. The lowest BCUT2D eigenvalue weighted by atomic mass is 9.64. The minimum Gasteiger partial charge on any atom is -1.00 e. The van der Waals surface area contributed by atoms with E-state index in [0.29, 0.717) is 12.3 Å². The van der Waals surface area contributed by atoms with E-state index >= 15 is 0 Å². The number of carbonyl (C=O) groups is 1. The smallest absolute Gasteiger partial charge is 0.253 e. The zero-order chi connectivity index (χ0) is 21.1. The third-order valence-corrected chi connectivity index (χ3v) is 6.78. The summed E-state index contributed by atoms with van der Waals surface area (Å²) in [6.45, 7) is 1.95. The van der Waals surface area contributed by atoms with Gasteiger partial charge in [0.05, 0.1) is 0 Å². The fraction of sp³-hybridized carbons (Fsp3) is 0.360. The Balaban J connectivity index is 0.00000272. The van der Waals surface area contributed by atoms with Crippen LogP contribution in [0.1, 0.15) is 48.9 Å². The number of aliphatic hydroxyl groups is 1. The molecule has 2 aromatic carbocycles. The standard InChI is InChI=1S/C25H29N3O2.BrH/c1-18-27-14-15-28(18)23(29)17-19-12-13-22(16-19)25(24(26)30,20-8-4-2-5-9-20)21-10-6-3-7-11-21;/h2-11,14-15,19,22-23,29H,12-13,16-17H2,1H3,(H2,26,30);1H/t19-,22+,23?;/m1./s1. The van der Waals surface area contributed by atoms with Gasteiger partial charge >= 0.3 is 0 Å². The van der Waals surface area contributed by atoms with Crippen LogP contribution in [0.4, 0.5) is 0 Å². The molecule has 1 aliphatic rings. The first-order valence-corrected chi connectivity index (χ1v) is 10.7. The van der Waals surface area contributed by atoms with Gasteiger partial charge in [-0.05, 0) is 42.2 Å². The van der Waals surface area contributed by atoms with Crippen molar-refractivity contribution in [2.24, 2.45) is 17.6 Å². The zero-order valence-corrected chi connectivity index (χ0v) is 19.3. The van der Waals surface area contributed by atoms with Crippen LogP contribution in [-0.2, 0) is 10.2 Å². The lowest BCUT2D eigenvalue weighted by Crippen LogP contribution is -3.00. The first-order chi connectivity index (χ1) is 14.5. The normalized spacial score (nSPS) is 19.5. The Bertz CT molecular complexity index is 951. The summed E-state index contributed by atoms with van der Waals surface area (Å²) >= 11 is 0. The van der Waals surface area contributed by atoms with Crippen LogP contribution in [0.5, 0.6) is 0 Å². The number of nitrogens with two attached hydrogens (primary N) is 1. The maximum absolute atomic E-state index is 13.1. The second-order valence-electron chi connectivity index (χ2n) is 8.45. The third-order valence-electron chi connectivity index (χ3n) is 6.78. The Morgan fingerprint density at radius 1 is 1.13 bits per heavy atom. The summed E-state index contributed by atoms with van der Waals surface area (Å²) in [7, 11) is 0. The maximum atomic E-state index is 13.1. The molecule has 1 unspecified atom stereocenters. The first-order valence-electron chi connectivity index (χ1n) is 10.7. The minimum absolute atomic E-state index is 0. The van der Waals surface area contributed by atoms with E-state index in [4.69, 9.17) is 5.73 Å². The van der Waals surface area contributed by atoms with Crippen LogP contribution in [-0.4, -0.2) is 16.0 Å². The summed E-state index contributed by atoms with van der Waals surface area (Å²) in [5.41, 5.74) is 7.20. The SMILES string of the molecule is Cc1[nH]cc[n+]1C(O)C[C@@H]1CC[C@H](C(C(N)=O)(c2ccccc2)c2ccccc2)C1.[Br-]. The molecule has 3 aromatic rings. The van der Waals surface area contributed by atoms with E-state index in [-0.39, 0.29) is 28.8 Å². The quantitative estimate of drug-likeness (QED) is 0.424. The number of benzene rings is 2. The highest BCUT2D eigenvalue weighted by atomic mass is 79.9. The van der Waals surface area contributed by atoms with Crippen LogP contribution in [0.15, 0.2) is 73.1 Å². The molecule has 4 N–H and O–H groups in total. The van der Waals surface area contributed by atoms with Crippen LogP contribution in [0.2, 0.25) is 0 Å². The van der Waals surface area contributed by atoms with Gasteiger partial charge in [0.2, 0.25) is 5.91 Å². The van der Waals surface area contributed by atoms with Gasteiger partial charge in [-0.25, -0.2) is 9.55 Å². The van der Waals surface area contributed by atoms with Gasteiger partial charge < -0.3 is 27.8 Å². The third kappa shape index (κ3) is 4.32. The molecule has 0 aliphatic heterocycles. The number of nitrogens with zero attached hydrogens (tertiary/aromatic N) is 1. The molecule has 1 aliphatic carbocycles. The first kappa shape index (κ1) is 23.2. The molecule has 0 bridgehead atoms. The number of aryl methyl sites for hydroxylation is 1. The van der Waals surface area contributed by atoms with Crippen molar-refractivity contribution in [2.75, 3.05) is 0 Å². The molecular weight excluding hydrogens is 454 g/mol. The van der Waals surface area contributed by atoms with E-state index in [1.807, 2.05) is 84.5 Å². The van der Waals surface area contributed by atoms with E-state index in [1.54, 1.807) is 0 Å². The largest absolute Gasteiger partial charge is 1.00 e. The molecule has 0 saturated heterocycles. The monoisotopic (exact) mass is 483 g/mol. The number of halogens is 1. The zero-order valence-electron chi connectivity index (χ0n) is 17.7. The number of aromatic nitrogens is 2. The molecule has 3 atom stereocenters.